The third-order valence-corrected chi connectivity index (χ3v) is 3.84. The molecule has 126 valence electrons. The molecule has 2 rings (SSSR count). The van der Waals surface area contributed by atoms with E-state index < -0.39 is 48.9 Å². The smallest absolute Gasteiger partial charge is 0.325 e. The first kappa shape index (κ1) is 18.6. The van der Waals surface area contributed by atoms with Gasteiger partial charge in [-0.3, -0.25) is 14.5 Å². The van der Waals surface area contributed by atoms with Crippen LogP contribution in [0, 0.1) is 5.92 Å². The third kappa shape index (κ3) is 3.64. The van der Waals surface area contributed by atoms with Crippen molar-refractivity contribution >= 4 is 30.3 Å². The van der Waals surface area contributed by atoms with E-state index in [2.05, 4.69) is 5.32 Å². The lowest BCUT2D eigenvalue weighted by Crippen LogP contribution is -2.48. The zero-order valence-electron chi connectivity index (χ0n) is 12.0. The third-order valence-electron chi connectivity index (χ3n) is 3.84. The molecule has 1 saturated heterocycles. The lowest BCUT2D eigenvalue weighted by molar-refractivity contribution is -0.135. The minimum Gasteiger partial charge on any atom is -0.348 e. The number of carbonyl (C=O) groups is 3. The standard InChI is InChI=1S/C12H18F2N4O3.ClH/c1-11(7-2-3-7)9(20)18(10(21)17-11)4-8(19)16-6-12(13,14)5-15;/h7H,2-6,15H2,1H3,(H,16,19)(H,17,21);1H. The fraction of sp³-hybridized carbons (Fsp3) is 0.750. The average molecular weight is 341 g/mol. The van der Waals surface area contributed by atoms with E-state index in [1.54, 1.807) is 6.92 Å². The van der Waals surface area contributed by atoms with Crippen LogP contribution in [0.1, 0.15) is 19.8 Å². The first-order valence-corrected chi connectivity index (χ1v) is 6.68. The van der Waals surface area contributed by atoms with Crippen LogP contribution in [0.4, 0.5) is 13.6 Å². The molecular formula is C12H19ClF2N4O3. The number of urea groups is 1. The first-order valence-electron chi connectivity index (χ1n) is 6.68. The first-order chi connectivity index (χ1) is 9.69. The molecule has 22 heavy (non-hydrogen) atoms. The Balaban J connectivity index is 0.00000242. The minimum atomic E-state index is -3.21. The largest absolute Gasteiger partial charge is 0.348 e. The molecule has 0 aromatic carbocycles. The van der Waals surface area contributed by atoms with E-state index >= 15 is 0 Å². The molecule has 1 atom stereocenters. The molecular weight excluding hydrogens is 322 g/mol. The van der Waals surface area contributed by atoms with E-state index in [-0.39, 0.29) is 18.3 Å². The highest BCUT2D eigenvalue weighted by molar-refractivity contribution is 6.09. The highest BCUT2D eigenvalue weighted by Gasteiger charge is 2.56. The van der Waals surface area contributed by atoms with Crippen molar-refractivity contribution in [3.05, 3.63) is 0 Å². The number of alkyl halides is 2. The van der Waals surface area contributed by atoms with Gasteiger partial charge in [-0.2, -0.15) is 0 Å². The summed E-state index contributed by atoms with van der Waals surface area (Å²) >= 11 is 0. The van der Waals surface area contributed by atoms with Gasteiger partial charge in [0, 0.05) is 0 Å². The highest BCUT2D eigenvalue weighted by Crippen LogP contribution is 2.42. The molecule has 1 unspecified atom stereocenters. The Kier molecular flexibility index (Phi) is 5.34. The van der Waals surface area contributed by atoms with Gasteiger partial charge in [-0.15, -0.1) is 12.4 Å². The summed E-state index contributed by atoms with van der Waals surface area (Å²) in [6.45, 7) is -0.777. The van der Waals surface area contributed by atoms with Gasteiger partial charge >= 0.3 is 6.03 Å². The van der Waals surface area contributed by atoms with Crippen LogP contribution in [0.2, 0.25) is 0 Å². The lowest BCUT2D eigenvalue weighted by Gasteiger charge is -2.21. The van der Waals surface area contributed by atoms with Gasteiger partial charge in [0.2, 0.25) is 5.91 Å². The predicted molar refractivity (Wildman–Crippen MR) is 75.6 cm³/mol. The van der Waals surface area contributed by atoms with Crippen molar-refractivity contribution in [1.82, 2.24) is 15.5 Å². The van der Waals surface area contributed by atoms with Crippen molar-refractivity contribution in [3.63, 3.8) is 0 Å². The van der Waals surface area contributed by atoms with Crippen molar-refractivity contribution in [3.8, 4) is 0 Å². The van der Waals surface area contributed by atoms with Crippen molar-refractivity contribution in [2.24, 2.45) is 11.7 Å². The Morgan fingerprint density at radius 2 is 2.09 bits per heavy atom. The van der Waals surface area contributed by atoms with Crippen LogP contribution >= 0.6 is 12.4 Å². The average Bonchev–Trinajstić information content (AvgIpc) is 3.23. The van der Waals surface area contributed by atoms with Crippen LogP contribution in [0.15, 0.2) is 0 Å². The SMILES string of the molecule is CC1(C2CC2)NC(=O)N(CC(=O)NCC(F)(F)CN)C1=O.Cl. The van der Waals surface area contributed by atoms with E-state index in [0.717, 1.165) is 17.7 Å². The Morgan fingerprint density at radius 3 is 2.59 bits per heavy atom. The molecule has 4 N–H and O–H groups in total. The topological polar surface area (TPSA) is 105 Å². The number of nitrogens with zero attached hydrogens (tertiary/aromatic N) is 1. The fourth-order valence-corrected chi connectivity index (χ4v) is 2.30. The second-order valence-electron chi connectivity index (χ2n) is 5.63. The number of nitrogens with one attached hydrogen (secondary N) is 2. The highest BCUT2D eigenvalue weighted by atomic mass is 35.5. The predicted octanol–water partition coefficient (Wildman–Crippen LogP) is -0.161. The number of hydrogen-bond acceptors (Lipinski definition) is 4. The summed E-state index contributed by atoms with van der Waals surface area (Å²) in [6.07, 6.45) is 1.68. The van der Waals surface area contributed by atoms with Crippen LogP contribution in [0.5, 0.6) is 0 Å². The second-order valence-corrected chi connectivity index (χ2v) is 5.63. The van der Waals surface area contributed by atoms with Crippen LogP contribution in [-0.4, -0.2) is 53.8 Å². The number of nitrogens with two attached hydrogens (primary N) is 1. The van der Waals surface area contributed by atoms with Gasteiger partial charge in [0.05, 0.1) is 13.1 Å². The zero-order chi connectivity index (χ0) is 15.8. The maximum Gasteiger partial charge on any atom is 0.325 e. The molecule has 7 nitrogen and oxygen atoms in total. The number of amides is 4. The Labute approximate surface area is 132 Å². The van der Waals surface area contributed by atoms with Crippen molar-refractivity contribution in [2.45, 2.75) is 31.2 Å². The summed E-state index contributed by atoms with van der Waals surface area (Å²) in [5.41, 5.74) is 3.86. The number of imide groups is 1. The Hall–Kier alpha value is -1.48. The minimum absolute atomic E-state index is 0. The van der Waals surface area contributed by atoms with Crippen LogP contribution in [0.3, 0.4) is 0 Å². The molecule has 1 aliphatic heterocycles. The summed E-state index contributed by atoms with van der Waals surface area (Å²) < 4.78 is 25.8. The van der Waals surface area contributed by atoms with Gasteiger partial charge in [-0.05, 0) is 25.7 Å². The molecule has 2 fully saturated rings. The van der Waals surface area contributed by atoms with E-state index in [0.29, 0.717) is 0 Å². The van der Waals surface area contributed by atoms with Crippen LogP contribution < -0.4 is 16.4 Å². The number of rotatable bonds is 6. The molecule has 4 amide bonds. The summed E-state index contributed by atoms with van der Waals surface area (Å²) in [5, 5.41) is 4.54. The molecule has 1 aliphatic carbocycles. The molecule has 0 spiro atoms. The van der Waals surface area contributed by atoms with Gasteiger partial charge < -0.3 is 16.4 Å². The number of halogens is 3. The van der Waals surface area contributed by atoms with Gasteiger partial charge in [0.1, 0.15) is 12.1 Å². The summed E-state index contributed by atoms with van der Waals surface area (Å²) in [5.74, 6) is -4.46. The van der Waals surface area contributed by atoms with E-state index in [1.165, 1.54) is 0 Å². The zero-order valence-corrected chi connectivity index (χ0v) is 12.8. The molecule has 1 saturated carbocycles. The van der Waals surface area contributed by atoms with Crippen molar-refractivity contribution in [2.75, 3.05) is 19.6 Å². The molecule has 0 aromatic heterocycles. The molecule has 2 aliphatic rings. The quantitative estimate of drug-likeness (QED) is 0.584. The van der Waals surface area contributed by atoms with E-state index in [4.69, 9.17) is 5.73 Å². The summed E-state index contributed by atoms with van der Waals surface area (Å²) in [7, 11) is 0. The maximum absolute atomic E-state index is 12.9. The van der Waals surface area contributed by atoms with Gasteiger partial charge in [0.25, 0.3) is 11.8 Å². The summed E-state index contributed by atoms with van der Waals surface area (Å²) in [6, 6.07) is -0.671. The monoisotopic (exact) mass is 340 g/mol. The van der Waals surface area contributed by atoms with E-state index in [1.807, 2.05) is 5.32 Å². The second kappa shape index (κ2) is 6.33. The lowest BCUT2D eigenvalue weighted by atomic mass is 9.96. The molecule has 0 aromatic rings. The molecule has 0 bridgehead atoms. The van der Waals surface area contributed by atoms with Gasteiger partial charge in [0.15, 0.2) is 0 Å². The van der Waals surface area contributed by atoms with Crippen molar-refractivity contribution in [1.29, 1.82) is 0 Å². The molecule has 1 heterocycles. The van der Waals surface area contributed by atoms with Gasteiger partial charge in [-0.1, -0.05) is 0 Å². The van der Waals surface area contributed by atoms with Crippen LogP contribution in [-0.2, 0) is 9.59 Å². The van der Waals surface area contributed by atoms with E-state index in [9.17, 15) is 23.2 Å². The maximum atomic E-state index is 12.9. The number of carbonyl (C=O) groups excluding carboxylic acids is 3. The summed E-state index contributed by atoms with van der Waals surface area (Å²) in [4.78, 5) is 36.3. The normalized spacial score (nSPS) is 24.8. The Bertz CT molecular complexity index is 487. The molecule has 0 radical (unpaired) electrons. The Morgan fingerprint density at radius 1 is 1.50 bits per heavy atom. The number of hydrogen-bond donors (Lipinski definition) is 3. The van der Waals surface area contributed by atoms with Gasteiger partial charge in [-0.25, -0.2) is 13.6 Å². The fourth-order valence-electron chi connectivity index (χ4n) is 2.30. The van der Waals surface area contributed by atoms with Crippen LogP contribution in [0.25, 0.3) is 0 Å². The van der Waals surface area contributed by atoms with Crippen molar-refractivity contribution < 1.29 is 23.2 Å². The molecule has 10 heteroatoms.